The Balaban J connectivity index is 1.38. The third-order valence-corrected chi connectivity index (χ3v) is 12.6. The van der Waals surface area contributed by atoms with Gasteiger partial charge in [-0.05, 0) is 44.0 Å². The average Bonchev–Trinajstić information content (AvgIpc) is 3.36. The smallest absolute Gasteiger partial charge is 0.192 e. The minimum absolute atomic E-state index is 0.0471. The summed E-state index contributed by atoms with van der Waals surface area (Å²) < 4.78 is 14.0. The van der Waals surface area contributed by atoms with Gasteiger partial charge in [-0.2, -0.15) is 0 Å². The van der Waals surface area contributed by atoms with Crippen LogP contribution in [0.3, 0.4) is 0 Å². The topological polar surface area (TPSA) is 18.5 Å². The first-order valence-corrected chi connectivity index (χ1v) is 16.9. The molecule has 0 saturated carbocycles. The molecule has 0 radical (unpaired) electrons. The number of ether oxygens (including phenoxy) is 2. The number of hydrogen-bond acceptors (Lipinski definition) is 2. The van der Waals surface area contributed by atoms with E-state index in [-0.39, 0.29) is 12.2 Å². The van der Waals surface area contributed by atoms with Crippen molar-refractivity contribution in [3.05, 3.63) is 157 Å². The third kappa shape index (κ3) is 6.12. The first-order chi connectivity index (χ1) is 19.7. The SMILES string of the molecule is CC1(c2ccccc2)O[C@@H](CP(c2ccccc2)c2ccccc2)[C@H](CP(c2ccccc2)c2ccccc2)O1. The van der Waals surface area contributed by atoms with E-state index in [1.165, 1.54) is 21.2 Å². The molecule has 40 heavy (non-hydrogen) atoms. The molecule has 1 aliphatic heterocycles. The predicted molar refractivity (Wildman–Crippen MR) is 171 cm³/mol. The molecular formula is C36H34O2P2. The Hall–Kier alpha value is -3.12. The van der Waals surface area contributed by atoms with E-state index < -0.39 is 21.6 Å². The van der Waals surface area contributed by atoms with Crippen molar-refractivity contribution in [3.8, 4) is 0 Å². The Morgan fingerprint density at radius 3 is 1.02 bits per heavy atom. The molecule has 200 valence electrons. The van der Waals surface area contributed by atoms with Gasteiger partial charge in [0.15, 0.2) is 5.79 Å². The molecule has 2 atom stereocenters. The molecule has 0 bridgehead atoms. The van der Waals surface area contributed by atoms with Gasteiger partial charge >= 0.3 is 0 Å². The monoisotopic (exact) mass is 560 g/mol. The highest BCUT2D eigenvalue weighted by atomic mass is 31.1. The number of benzene rings is 5. The van der Waals surface area contributed by atoms with E-state index >= 15 is 0 Å². The highest BCUT2D eigenvalue weighted by Crippen LogP contribution is 2.47. The fourth-order valence-corrected chi connectivity index (χ4v) is 10.4. The van der Waals surface area contributed by atoms with Crippen LogP contribution < -0.4 is 21.2 Å². The lowest BCUT2D eigenvalue weighted by Gasteiger charge is -2.27. The van der Waals surface area contributed by atoms with E-state index in [9.17, 15) is 0 Å². The van der Waals surface area contributed by atoms with E-state index in [0.29, 0.717) is 0 Å². The van der Waals surface area contributed by atoms with Crippen molar-refractivity contribution >= 4 is 37.1 Å². The van der Waals surface area contributed by atoms with Gasteiger partial charge in [-0.15, -0.1) is 0 Å². The number of rotatable bonds is 9. The Morgan fingerprint density at radius 1 is 0.450 bits per heavy atom. The van der Waals surface area contributed by atoms with E-state index in [4.69, 9.17) is 9.47 Å². The fraction of sp³-hybridized carbons (Fsp3) is 0.167. The molecule has 0 amide bonds. The molecule has 0 spiro atoms. The van der Waals surface area contributed by atoms with Crippen molar-refractivity contribution in [2.24, 2.45) is 0 Å². The Morgan fingerprint density at radius 2 is 0.725 bits per heavy atom. The van der Waals surface area contributed by atoms with Crippen LogP contribution in [-0.4, -0.2) is 24.5 Å². The molecule has 6 rings (SSSR count). The summed E-state index contributed by atoms with van der Waals surface area (Å²) in [4.78, 5) is 0. The summed E-state index contributed by atoms with van der Waals surface area (Å²) in [6, 6.07) is 54.1. The molecule has 0 aromatic heterocycles. The summed E-state index contributed by atoms with van der Waals surface area (Å²) in [6.07, 6.45) is 1.72. The fourth-order valence-electron chi connectivity index (χ4n) is 5.46. The minimum atomic E-state index is -0.792. The molecular weight excluding hydrogens is 526 g/mol. The van der Waals surface area contributed by atoms with Crippen molar-refractivity contribution in [1.29, 1.82) is 0 Å². The van der Waals surface area contributed by atoms with Crippen molar-refractivity contribution in [2.45, 2.75) is 24.9 Å². The van der Waals surface area contributed by atoms with Crippen LogP contribution in [0.4, 0.5) is 0 Å². The van der Waals surface area contributed by atoms with Gasteiger partial charge in [0, 0.05) is 17.9 Å². The molecule has 2 nitrogen and oxygen atoms in total. The zero-order valence-electron chi connectivity index (χ0n) is 22.7. The highest BCUT2D eigenvalue weighted by Gasteiger charge is 2.47. The summed E-state index contributed by atoms with van der Waals surface area (Å²) in [6.45, 7) is 2.09. The van der Waals surface area contributed by atoms with Crippen LogP contribution in [0, 0.1) is 0 Å². The maximum Gasteiger partial charge on any atom is 0.192 e. The van der Waals surface area contributed by atoms with Crippen molar-refractivity contribution in [1.82, 2.24) is 0 Å². The van der Waals surface area contributed by atoms with Crippen LogP contribution in [0.1, 0.15) is 12.5 Å². The average molecular weight is 561 g/mol. The zero-order valence-corrected chi connectivity index (χ0v) is 24.5. The molecule has 1 saturated heterocycles. The van der Waals surface area contributed by atoms with Gasteiger partial charge in [-0.25, -0.2) is 0 Å². The second-order valence-electron chi connectivity index (χ2n) is 10.2. The largest absolute Gasteiger partial charge is 0.340 e. The van der Waals surface area contributed by atoms with Crippen LogP contribution in [0.25, 0.3) is 0 Å². The minimum Gasteiger partial charge on any atom is -0.340 e. The zero-order chi connectivity index (χ0) is 27.2. The van der Waals surface area contributed by atoms with E-state index in [1.54, 1.807) is 0 Å². The molecule has 1 aliphatic rings. The molecule has 5 aromatic carbocycles. The summed E-state index contributed by atoms with van der Waals surface area (Å²) in [5.74, 6) is -0.792. The lowest BCUT2D eigenvalue weighted by Crippen LogP contribution is -2.33. The van der Waals surface area contributed by atoms with E-state index in [2.05, 4.69) is 153 Å². The van der Waals surface area contributed by atoms with Crippen molar-refractivity contribution in [2.75, 3.05) is 12.3 Å². The quantitative estimate of drug-likeness (QED) is 0.183. The van der Waals surface area contributed by atoms with Gasteiger partial charge in [0.2, 0.25) is 0 Å². The molecule has 4 heteroatoms. The van der Waals surface area contributed by atoms with Crippen molar-refractivity contribution < 1.29 is 9.47 Å². The van der Waals surface area contributed by atoms with Gasteiger partial charge in [-0.3, -0.25) is 0 Å². The van der Waals surface area contributed by atoms with Crippen LogP contribution in [0.5, 0.6) is 0 Å². The Kier molecular flexibility index (Phi) is 8.52. The lowest BCUT2D eigenvalue weighted by molar-refractivity contribution is -0.166. The summed E-state index contributed by atoms with van der Waals surface area (Å²) in [5.41, 5.74) is 1.06. The maximum atomic E-state index is 7.00. The predicted octanol–water partition coefficient (Wildman–Crippen LogP) is 6.91. The standard InChI is InChI=1S/C36H34O2P2/c1-36(29-17-7-2-8-18-29)37-34(27-39(30-19-9-3-10-20-30)31-21-11-4-12-22-31)35(38-36)28-40(32-23-13-5-14-24-32)33-25-15-6-16-26-33/h2-26,34-35H,27-28H2,1H3/t34-,35-/m0/s1. The molecule has 0 aliphatic carbocycles. The van der Waals surface area contributed by atoms with Gasteiger partial charge < -0.3 is 9.47 Å². The van der Waals surface area contributed by atoms with Crippen LogP contribution in [0.15, 0.2) is 152 Å². The second-order valence-corrected chi connectivity index (χ2v) is 14.7. The molecule has 0 unspecified atom stereocenters. The van der Waals surface area contributed by atoms with Crippen LogP contribution in [0.2, 0.25) is 0 Å². The highest BCUT2D eigenvalue weighted by molar-refractivity contribution is 7.73. The first-order valence-electron chi connectivity index (χ1n) is 13.9. The molecule has 0 N–H and O–H groups in total. The van der Waals surface area contributed by atoms with E-state index in [1.807, 2.05) is 6.07 Å². The maximum absolute atomic E-state index is 7.00. The van der Waals surface area contributed by atoms with Gasteiger partial charge in [0.05, 0.1) is 12.2 Å². The summed E-state index contributed by atoms with van der Waals surface area (Å²) >= 11 is 0. The van der Waals surface area contributed by atoms with Crippen LogP contribution >= 0.6 is 15.8 Å². The van der Waals surface area contributed by atoms with Crippen molar-refractivity contribution in [3.63, 3.8) is 0 Å². The first kappa shape index (κ1) is 27.1. The second kappa shape index (κ2) is 12.6. The van der Waals surface area contributed by atoms with Gasteiger partial charge in [0.25, 0.3) is 0 Å². The molecule has 5 aromatic rings. The van der Waals surface area contributed by atoms with Crippen LogP contribution in [-0.2, 0) is 15.3 Å². The normalized spacial score (nSPS) is 18.3. The van der Waals surface area contributed by atoms with E-state index in [0.717, 1.165) is 17.9 Å². The molecule has 1 fully saturated rings. The third-order valence-electron chi connectivity index (χ3n) is 7.46. The Bertz CT molecular complexity index is 1290. The lowest BCUT2D eigenvalue weighted by atomic mass is 10.1. The molecule has 1 heterocycles. The van der Waals surface area contributed by atoms with Gasteiger partial charge in [-0.1, -0.05) is 152 Å². The summed E-state index contributed by atoms with van der Waals surface area (Å²) in [7, 11) is -1.26. The Labute approximate surface area is 240 Å². The van der Waals surface area contributed by atoms with Gasteiger partial charge in [0.1, 0.15) is 0 Å². The summed E-state index contributed by atoms with van der Waals surface area (Å²) in [5, 5.41) is 5.47. The number of hydrogen-bond donors (Lipinski definition) is 0.